The van der Waals surface area contributed by atoms with Gasteiger partial charge in [0.2, 0.25) is 0 Å². The van der Waals surface area contributed by atoms with Crippen LogP contribution >= 0.6 is 24.0 Å². The molecule has 27 heavy (non-hydrogen) atoms. The molecule has 2 aromatic rings. The molecule has 148 valence electrons. The molecular weight excluding hydrogens is 457 g/mol. The Kier molecular flexibility index (Phi) is 10.4. The van der Waals surface area contributed by atoms with E-state index >= 15 is 0 Å². The number of hydrogen-bond acceptors (Lipinski definition) is 4. The molecule has 0 unspecified atom stereocenters. The summed E-state index contributed by atoms with van der Waals surface area (Å²) in [4.78, 5) is 4.64. The standard InChI is InChI=1S/C20H27N3O3.HI/c1-5-21-20(22-13-15-7-6-8-17(11-15)24-2)23-14-16-9-10-18(25-3)12-19(16)26-4;/h6-12H,5,13-14H2,1-4H3,(H2,21,22,23);1H. The van der Waals surface area contributed by atoms with E-state index in [0.29, 0.717) is 13.1 Å². The number of aliphatic imine (C=N–C) groups is 1. The molecule has 0 amide bonds. The van der Waals surface area contributed by atoms with E-state index in [1.54, 1.807) is 21.3 Å². The minimum absolute atomic E-state index is 0. The third-order valence-electron chi connectivity index (χ3n) is 3.84. The van der Waals surface area contributed by atoms with Gasteiger partial charge in [-0.25, -0.2) is 4.99 Å². The van der Waals surface area contributed by atoms with E-state index in [1.165, 1.54) is 0 Å². The van der Waals surface area contributed by atoms with Crippen LogP contribution in [0.3, 0.4) is 0 Å². The molecule has 6 nitrogen and oxygen atoms in total. The Labute approximate surface area is 178 Å². The summed E-state index contributed by atoms with van der Waals surface area (Å²) < 4.78 is 15.9. The predicted octanol–water partition coefficient (Wildman–Crippen LogP) is 3.59. The van der Waals surface area contributed by atoms with Gasteiger partial charge in [0.15, 0.2) is 5.96 Å². The van der Waals surface area contributed by atoms with Crippen LogP contribution < -0.4 is 24.8 Å². The first-order valence-corrected chi connectivity index (χ1v) is 8.56. The summed E-state index contributed by atoms with van der Waals surface area (Å²) in [5.74, 6) is 3.12. The lowest BCUT2D eigenvalue weighted by atomic mass is 10.2. The van der Waals surface area contributed by atoms with Gasteiger partial charge in [0.25, 0.3) is 0 Å². The topological polar surface area (TPSA) is 64.1 Å². The molecule has 7 heteroatoms. The van der Waals surface area contributed by atoms with Crippen molar-refractivity contribution in [1.82, 2.24) is 10.6 Å². The second-order valence-corrected chi connectivity index (χ2v) is 5.58. The van der Waals surface area contributed by atoms with E-state index in [0.717, 1.165) is 40.9 Å². The van der Waals surface area contributed by atoms with Crippen LogP contribution in [-0.2, 0) is 13.1 Å². The van der Waals surface area contributed by atoms with Crippen molar-refractivity contribution in [2.75, 3.05) is 27.9 Å². The van der Waals surface area contributed by atoms with Crippen molar-refractivity contribution in [2.45, 2.75) is 20.0 Å². The van der Waals surface area contributed by atoms with Gasteiger partial charge in [-0.15, -0.1) is 24.0 Å². The molecule has 0 radical (unpaired) electrons. The molecule has 2 aromatic carbocycles. The van der Waals surface area contributed by atoms with Gasteiger partial charge in [-0.1, -0.05) is 12.1 Å². The summed E-state index contributed by atoms with van der Waals surface area (Å²) >= 11 is 0. The molecule has 0 aliphatic carbocycles. The van der Waals surface area contributed by atoms with E-state index in [4.69, 9.17) is 14.2 Å². The lowest BCUT2D eigenvalue weighted by molar-refractivity contribution is 0.390. The van der Waals surface area contributed by atoms with Crippen molar-refractivity contribution in [1.29, 1.82) is 0 Å². The maximum atomic E-state index is 5.44. The van der Waals surface area contributed by atoms with Crippen molar-refractivity contribution in [3.8, 4) is 17.2 Å². The first kappa shape index (κ1) is 22.9. The van der Waals surface area contributed by atoms with Crippen molar-refractivity contribution in [3.63, 3.8) is 0 Å². The zero-order valence-electron chi connectivity index (χ0n) is 16.2. The number of ether oxygens (including phenoxy) is 3. The van der Waals surface area contributed by atoms with E-state index in [2.05, 4.69) is 15.6 Å². The van der Waals surface area contributed by atoms with Crippen LogP contribution in [0.15, 0.2) is 47.5 Å². The van der Waals surface area contributed by atoms with Crippen LogP contribution in [-0.4, -0.2) is 33.8 Å². The Balaban J connectivity index is 0.00000364. The van der Waals surface area contributed by atoms with Gasteiger partial charge in [0, 0.05) is 24.7 Å². The average Bonchev–Trinajstić information content (AvgIpc) is 2.70. The monoisotopic (exact) mass is 485 g/mol. The maximum absolute atomic E-state index is 5.44. The average molecular weight is 485 g/mol. The largest absolute Gasteiger partial charge is 0.497 e. The number of halogens is 1. The van der Waals surface area contributed by atoms with E-state index < -0.39 is 0 Å². The fourth-order valence-corrected chi connectivity index (χ4v) is 2.46. The lowest BCUT2D eigenvalue weighted by Gasteiger charge is -2.14. The summed E-state index contributed by atoms with van der Waals surface area (Å²) in [6, 6.07) is 13.7. The fraction of sp³-hybridized carbons (Fsp3) is 0.350. The summed E-state index contributed by atoms with van der Waals surface area (Å²) in [6.07, 6.45) is 0. The molecular formula is C20H28IN3O3. The molecule has 0 bridgehead atoms. The minimum atomic E-state index is 0. The second-order valence-electron chi connectivity index (χ2n) is 5.58. The molecule has 0 saturated heterocycles. The SMILES string of the molecule is CCNC(=NCc1cccc(OC)c1)NCc1ccc(OC)cc1OC.I. The molecule has 0 aromatic heterocycles. The highest BCUT2D eigenvalue weighted by Crippen LogP contribution is 2.24. The highest BCUT2D eigenvalue weighted by Gasteiger charge is 2.06. The number of nitrogens with one attached hydrogen (secondary N) is 2. The maximum Gasteiger partial charge on any atom is 0.191 e. The molecule has 0 spiro atoms. The third-order valence-corrected chi connectivity index (χ3v) is 3.84. The van der Waals surface area contributed by atoms with E-state index in [9.17, 15) is 0 Å². The van der Waals surface area contributed by atoms with Gasteiger partial charge in [-0.05, 0) is 36.8 Å². The first-order valence-electron chi connectivity index (χ1n) is 8.56. The Hall–Kier alpha value is -2.16. The molecule has 0 aliphatic heterocycles. The normalized spacial score (nSPS) is 10.6. The Bertz CT molecular complexity index is 738. The summed E-state index contributed by atoms with van der Waals surface area (Å²) in [5.41, 5.74) is 2.11. The van der Waals surface area contributed by atoms with Crippen LogP contribution in [0.4, 0.5) is 0 Å². The molecule has 0 fully saturated rings. The molecule has 0 aliphatic rings. The molecule has 0 heterocycles. The summed E-state index contributed by atoms with van der Waals surface area (Å²) in [7, 11) is 4.96. The highest BCUT2D eigenvalue weighted by atomic mass is 127. The quantitative estimate of drug-likeness (QED) is 0.340. The Morgan fingerprint density at radius 3 is 2.33 bits per heavy atom. The van der Waals surface area contributed by atoms with Crippen molar-refractivity contribution >= 4 is 29.9 Å². The summed E-state index contributed by atoms with van der Waals surface area (Å²) in [5, 5.41) is 6.59. The van der Waals surface area contributed by atoms with Crippen molar-refractivity contribution in [2.24, 2.45) is 4.99 Å². The van der Waals surface area contributed by atoms with Gasteiger partial charge in [0.1, 0.15) is 17.2 Å². The lowest BCUT2D eigenvalue weighted by Crippen LogP contribution is -2.36. The smallest absolute Gasteiger partial charge is 0.191 e. The van der Waals surface area contributed by atoms with Crippen molar-refractivity contribution in [3.05, 3.63) is 53.6 Å². The zero-order valence-corrected chi connectivity index (χ0v) is 18.6. The first-order chi connectivity index (χ1) is 12.7. The molecule has 0 saturated carbocycles. The van der Waals surface area contributed by atoms with Crippen LogP contribution in [0.1, 0.15) is 18.1 Å². The number of benzene rings is 2. The van der Waals surface area contributed by atoms with Crippen LogP contribution in [0, 0.1) is 0 Å². The van der Waals surface area contributed by atoms with Crippen LogP contribution in [0.25, 0.3) is 0 Å². The van der Waals surface area contributed by atoms with Gasteiger partial charge in [0.05, 0.1) is 27.9 Å². The molecule has 2 N–H and O–H groups in total. The van der Waals surface area contributed by atoms with Crippen LogP contribution in [0.5, 0.6) is 17.2 Å². The Morgan fingerprint density at radius 2 is 1.67 bits per heavy atom. The number of hydrogen-bond donors (Lipinski definition) is 2. The fourth-order valence-electron chi connectivity index (χ4n) is 2.46. The molecule has 0 atom stereocenters. The third kappa shape index (κ3) is 7.16. The van der Waals surface area contributed by atoms with E-state index in [1.807, 2.05) is 49.4 Å². The minimum Gasteiger partial charge on any atom is -0.497 e. The van der Waals surface area contributed by atoms with Gasteiger partial charge in [-0.3, -0.25) is 0 Å². The van der Waals surface area contributed by atoms with E-state index in [-0.39, 0.29) is 24.0 Å². The number of nitrogens with zero attached hydrogens (tertiary/aromatic N) is 1. The number of guanidine groups is 1. The van der Waals surface area contributed by atoms with Crippen molar-refractivity contribution < 1.29 is 14.2 Å². The predicted molar refractivity (Wildman–Crippen MR) is 120 cm³/mol. The highest BCUT2D eigenvalue weighted by molar-refractivity contribution is 14.0. The summed E-state index contributed by atoms with van der Waals surface area (Å²) in [6.45, 7) is 3.98. The number of methoxy groups -OCH3 is 3. The van der Waals surface area contributed by atoms with Crippen LogP contribution in [0.2, 0.25) is 0 Å². The van der Waals surface area contributed by atoms with Gasteiger partial charge < -0.3 is 24.8 Å². The molecule has 2 rings (SSSR count). The Morgan fingerprint density at radius 1 is 0.926 bits per heavy atom. The zero-order chi connectivity index (χ0) is 18.8. The number of rotatable bonds is 8. The van der Waals surface area contributed by atoms with Gasteiger partial charge in [-0.2, -0.15) is 0 Å². The van der Waals surface area contributed by atoms with Gasteiger partial charge >= 0.3 is 0 Å². The second kappa shape index (κ2) is 12.3.